The second-order valence-electron chi connectivity index (χ2n) is 5.80. The van der Waals surface area contributed by atoms with E-state index in [2.05, 4.69) is 5.32 Å². The molecule has 0 saturated heterocycles. The summed E-state index contributed by atoms with van der Waals surface area (Å²) in [5.74, 6) is -1.69. The summed E-state index contributed by atoms with van der Waals surface area (Å²) in [7, 11) is 0. The topological polar surface area (TPSA) is 98.5 Å². The molecule has 0 heterocycles. The average molecular weight is 408 g/mol. The van der Waals surface area contributed by atoms with E-state index in [1.165, 1.54) is 49.4 Å². The zero-order valence-corrected chi connectivity index (χ0v) is 15.0. The average Bonchev–Trinajstić information content (AvgIpc) is 2.66. The lowest BCUT2D eigenvalue weighted by atomic mass is 10.1. The van der Waals surface area contributed by atoms with Crippen LogP contribution in [0.2, 0.25) is 0 Å². The highest BCUT2D eigenvalue weighted by molar-refractivity contribution is 5.98. The Hall–Kier alpha value is -3.69. The predicted molar refractivity (Wildman–Crippen MR) is 97.8 cm³/mol. The van der Waals surface area contributed by atoms with E-state index < -0.39 is 34.6 Å². The minimum atomic E-state index is -4.46. The molecule has 0 saturated carbocycles. The van der Waals surface area contributed by atoms with Gasteiger partial charge < -0.3 is 10.1 Å². The highest BCUT2D eigenvalue weighted by Gasteiger charge is 2.29. The Morgan fingerprint density at radius 1 is 1.14 bits per heavy atom. The fraction of sp³-hybridized carbons (Fsp3) is 0.158. The SMILES string of the molecule is C[C@H](OC(=O)/C=C/c1ccc(C(F)(F)F)cc1)C(=O)Nc1ccccc1[N+](=O)[O-]. The van der Waals surface area contributed by atoms with Crippen molar-refractivity contribution in [3.63, 3.8) is 0 Å². The van der Waals surface area contributed by atoms with E-state index >= 15 is 0 Å². The molecule has 1 amide bonds. The number of para-hydroxylation sites is 2. The Bertz CT molecular complexity index is 940. The number of ether oxygens (including phenoxy) is 1. The van der Waals surface area contributed by atoms with E-state index in [0.29, 0.717) is 5.56 Å². The third-order valence-corrected chi connectivity index (χ3v) is 3.67. The number of hydrogen-bond donors (Lipinski definition) is 1. The summed E-state index contributed by atoms with van der Waals surface area (Å²) in [6.45, 7) is 1.27. The molecule has 0 unspecified atom stereocenters. The van der Waals surface area contributed by atoms with Gasteiger partial charge in [-0.15, -0.1) is 0 Å². The number of amides is 1. The summed E-state index contributed by atoms with van der Waals surface area (Å²) in [5.41, 5.74) is -0.864. The van der Waals surface area contributed by atoms with Crippen molar-refractivity contribution in [3.05, 3.63) is 75.8 Å². The van der Waals surface area contributed by atoms with Gasteiger partial charge in [0.05, 0.1) is 10.5 Å². The first-order valence-corrected chi connectivity index (χ1v) is 8.18. The molecule has 0 radical (unpaired) electrons. The lowest BCUT2D eigenvalue weighted by Gasteiger charge is -2.12. The van der Waals surface area contributed by atoms with Gasteiger partial charge in [0.25, 0.3) is 11.6 Å². The molecule has 10 heteroatoms. The Balaban J connectivity index is 1.95. The number of carbonyl (C=O) groups is 2. The number of nitrogens with one attached hydrogen (secondary N) is 1. The third-order valence-electron chi connectivity index (χ3n) is 3.67. The first-order chi connectivity index (χ1) is 13.6. The van der Waals surface area contributed by atoms with Gasteiger partial charge >= 0.3 is 12.1 Å². The first-order valence-electron chi connectivity index (χ1n) is 8.18. The second kappa shape index (κ2) is 9.00. The van der Waals surface area contributed by atoms with Crippen LogP contribution >= 0.6 is 0 Å². The van der Waals surface area contributed by atoms with Gasteiger partial charge in [0, 0.05) is 12.1 Å². The maximum Gasteiger partial charge on any atom is 0.416 e. The molecule has 0 aliphatic rings. The number of benzene rings is 2. The molecule has 0 aromatic heterocycles. The van der Waals surface area contributed by atoms with E-state index in [9.17, 15) is 32.9 Å². The Labute approximate surface area is 162 Å². The quantitative estimate of drug-likeness (QED) is 0.334. The van der Waals surface area contributed by atoms with Gasteiger partial charge in [0.2, 0.25) is 0 Å². The van der Waals surface area contributed by atoms with Crippen LogP contribution < -0.4 is 5.32 Å². The zero-order chi connectivity index (χ0) is 21.6. The number of hydrogen-bond acceptors (Lipinski definition) is 5. The molecule has 0 spiro atoms. The minimum absolute atomic E-state index is 0.0503. The van der Waals surface area contributed by atoms with Crippen molar-refractivity contribution in [2.45, 2.75) is 19.2 Å². The molecule has 2 aromatic rings. The summed E-state index contributed by atoms with van der Waals surface area (Å²) >= 11 is 0. The standard InChI is InChI=1S/C19H15F3N2O5/c1-12(18(26)23-15-4-2-3-5-16(15)24(27)28)29-17(25)11-8-13-6-9-14(10-7-13)19(20,21)22/h2-12H,1H3,(H,23,26)/b11-8+/t12-/m0/s1. The molecule has 0 aliphatic carbocycles. The molecule has 29 heavy (non-hydrogen) atoms. The molecule has 2 aromatic carbocycles. The molecular weight excluding hydrogens is 393 g/mol. The highest BCUT2D eigenvalue weighted by atomic mass is 19.4. The number of nitro benzene ring substituents is 1. The van der Waals surface area contributed by atoms with Crippen molar-refractivity contribution in [1.82, 2.24) is 0 Å². The maximum atomic E-state index is 12.5. The Morgan fingerprint density at radius 2 is 1.76 bits per heavy atom. The van der Waals surface area contributed by atoms with Crippen molar-refractivity contribution < 1.29 is 32.4 Å². The van der Waals surface area contributed by atoms with Gasteiger partial charge in [-0.25, -0.2) is 4.79 Å². The number of nitro groups is 1. The number of carbonyl (C=O) groups excluding carboxylic acids is 2. The number of esters is 1. The van der Waals surface area contributed by atoms with E-state index in [0.717, 1.165) is 18.2 Å². The smallest absolute Gasteiger partial charge is 0.416 e. The van der Waals surface area contributed by atoms with Crippen LogP contribution in [0.5, 0.6) is 0 Å². The predicted octanol–water partition coefficient (Wildman–Crippen LogP) is 4.20. The Morgan fingerprint density at radius 3 is 2.34 bits per heavy atom. The Kier molecular flexibility index (Phi) is 6.71. The first kappa shape index (κ1) is 21.6. The highest BCUT2D eigenvalue weighted by Crippen LogP contribution is 2.29. The number of nitrogens with zero attached hydrogens (tertiary/aromatic N) is 1. The van der Waals surface area contributed by atoms with Crippen LogP contribution in [0.25, 0.3) is 6.08 Å². The van der Waals surface area contributed by atoms with Crippen LogP contribution in [0.15, 0.2) is 54.6 Å². The van der Waals surface area contributed by atoms with Crippen molar-refractivity contribution in [2.75, 3.05) is 5.32 Å². The maximum absolute atomic E-state index is 12.5. The summed E-state index contributed by atoms with van der Waals surface area (Å²) in [6, 6.07) is 9.56. The minimum Gasteiger partial charge on any atom is -0.449 e. The molecule has 1 N–H and O–H groups in total. The van der Waals surface area contributed by atoms with E-state index in [-0.39, 0.29) is 11.4 Å². The summed E-state index contributed by atoms with van der Waals surface area (Å²) in [6.07, 6.45) is -3.54. The van der Waals surface area contributed by atoms with E-state index in [4.69, 9.17) is 4.74 Å². The van der Waals surface area contributed by atoms with Gasteiger partial charge in [-0.1, -0.05) is 24.3 Å². The van der Waals surface area contributed by atoms with Crippen molar-refractivity contribution in [2.24, 2.45) is 0 Å². The monoisotopic (exact) mass is 408 g/mol. The number of alkyl halides is 3. The van der Waals surface area contributed by atoms with Crippen LogP contribution in [0.4, 0.5) is 24.5 Å². The third kappa shape index (κ3) is 6.16. The van der Waals surface area contributed by atoms with Crippen LogP contribution in [-0.4, -0.2) is 22.9 Å². The number of anilines is 1. The molecule has 0 bridgehead atoms. The van der Waals surface area contributed by atoms with Crippen molar-refractivity contribution in [1.29, 1.82) is 0 Å². The van der Waals surface area contributed by atoms with Crippen LogP contribution in [0, 0.1) is 10.1 Å². The number of rotatable bonds is 6. The summed E-state index contributed by atoms with van der Waals surface area (Å²) in [5, 5.41) is 13.2. The van der Waals surface area contributed by atoms with Gasteiger partial charge in [0.15, 0.2) is 6.10 Å². The fourth-order valence-electron chi connectivity index (χ4n) is 2.19. The molecule has 0 aliphatic heterocycles. The lowest BCUT2D eigenvalue weighted by molar-refractivity contribution is -0.383. The molecule has 2 rings (SSSR count). The summed E-state index contributed by atoms with van der Waals surface area (Å²) < 4.78 is 42.4. The van der Waals surface area contributed by atoms with Crippen LogP contribution in [0.3, 0.4) is 0 Å². The van der Waals surface area contributed by atoms with Gasteiger partial charge in [0.1, 0.15) is 5.69 Å². The molecule has 0 fully saturated rings. The van der Waals surface area contributed by atoms with Crippen LogP contribution in [0.1, 0.15) is 18.1 Å². The lowest BCUT2D eigenvalue weighted by Crippen LogP contribution is -2.29. The molecule has 152 valence electrons. The second-order valence-corrected chi connectivity index (χ2v) is 5.80. The van der Waals surface area contributed by atoms with Gasteiger partial charge in [-0.05, 0) is 36.8 Å². The van der Waals surface area contributed by atoms with E-state index in [1.807, 2.05) is 0 Å². The largest absolute Gasteiger partial charge is 0.449 e. The molecule has 7 nitrogen and oxygen atoms in total. The van der Waals surface area contributed by atoms with Crippen molar-refractivity contribution >= 4 is 29.3 Å². The van der Waals surface area contributed by atoms with Crippen LogP contribution in [-0.2, 0) is 20.5 Å². The normalized spacial score (nSPS) is 12.4. The number of halogens is 3. The fourth-order valence-corrected chi connectivity index (χ4v) is 2.19. The zero-order valence-electron chi connectivity index (χ0n) is 15.0. The molecule has 1 atom stereocenters. The van der Waals surface area contributed by atoms with Gasteiger partial charge in [-0.3, -0.25) is 14.9 Å². The van der Waals surface area contributed by atoms with E-state index in [1.54, 1.807) is 0 Å². The molecular formula is C19H15F3N2O5. The van der Waals surface area contributed by atoms with Crippen molar-refractivity contribution in [3.8, 4) is 0 Å². The summed E-state index contributed by atoms with van der Waals surface area (Å²) in [4.78, 5) is 34.2. The van der Waals surface area contributed by atoms with Gasteiger partial charge in [-0.2, -0.15) is 13.2 Å².